The minimum atomic E-state index is 0.535. The highest BCUT2D eigenvalue weighted by Gasteiger charge is 2.09. The summed E-state index contributed by atoms with van der Waals surface area (Å²) in [6, 6.07) is 0. The molecule has 0 aliphatic heterocycles. The second-order valence-electron chi connectivity index (χ2n) is 4.40. The summed E-state index contributed by atoms with van der Waals surface area (Å²) in [5.41, 5.74) is 1.14. The number of nitrogens with zero attached hydrogens (tertiary/aromatic N) is 1. The number of aryl methyl sites for hydroxylation is 1. The molecular weight excluding hydrogens is 204 g/mol. The van der Waals surface area contributed by atoms with Crippen molar-refractivity contribution < 1.29 is 0 Å². The topological polar surface area (TPSA) is 24.9 Å². The third kappa shape index (κ3) is 4.31. The molecule has 0 fully saturated rings. The third-order valence-corrected chi connectivity index (χ3v) is 3.89. The van der Waals surface area contributed by atoms with Crippen LogP contribution >= 0.6 is 11.3 Å². The Bertz CT molecular complexity index is 283. The SMILES string of the molecule is CCC(C)CNCC(C)c1nc(C)cs1. The molecule has 1 aromatic rings. The predicted molar refractivity (Wildman–Crippen MR) is 67.6 cm³/mol. The van der Waals surface area contributed by atoms with E-state index in [0.717, 1.165) is 24.7 Å². The molecule has 1 N–H and O–H groups in total. The summed E-state index contributed by atoms with van der Waals surface area (Å²) >= 11 is 1.77. The lowest BCUT2D eigenvalue weighted by molar-refractivity contribution is 0.486. The Balaban J connectivity index is 2.27. The van der Waals surface area contributed by atoms with Gasteiger partial charge in [-0.2, -0.15) is 0 Å². The molecule has 0 saturated heterocycles. The zero-order valence-corrected chi connectivity index (χ0v) is 11.0. The second kappa shape index (κ2) is 6.23. The summed E-state index contributed by atoms with van der Waals surface area (Å²) in [5.74, 6) is 1.31. The quantitative estimate of drug-likeness (QED) is 0.806. The van der Waals surface area contributed by atoms with Crippen LogP contribution < -0.4 is 5.32 Å². The summed E-state index contributed by atoms with van der Waals surface area (Å²) in [7, 11) is 0. The molecule has 2 atom stereocenters. The molecule has 2 nitrogen and oxygen atoms in total. The summed E-state index contributed by atoms with van der Waals surface area (Å²) in [6.07, 6.45) is 1.25. The first-order chi connectivity index (χ1) is 7.13. The lowest BCUT2D eigenvalue weighted by Crippen LogP contribution is -2.25. The van der Waals surface area contributed by atoms with Gasteiger partial charge in [0.25, 0.3) is 0 Å². The lowest BCUT2D eigenvalue weighted by atomic mass is 10.1. The van der Waals surface area contributed by atoms with Gasteiger partial charge in [-0.05, 0) is 19.4 Å². The average molecular weight is 226 g/mol. The fourth-order valence-corrected chi connectivity index (χ4v) is 2.23. The molecule has 86 valence electrons. The van der Waals surface area contributed by atoms with Crippen LogP contribution in [0.15, 0.2) is 5.38 Å². The molecule has 15 heavy (non-hydrogen) atoms. The van der Waals surface area contributed by atoms with Gasteiger partial charge in [-0.1, -0.05) is 27.2 Å². The normalized spacial score (nSPS) is 15.2. The van der Waals surface area contributed by atoms with Crippen molar-refractivity contribution in [1.29, 1.82) is 0 Å². The number of nitrogens with one attached hydrogen (secondary N) is 1. The van der Waals surface area contributed by atoms with E-state index in [4.69, 9.17) is 0 Å². The summed E-state index contributed by atoms with van der Waals surface area (Å²) < 4.78 is 0. The monoisotopic (exact) mass is 226 g/mol. The first-order valence-electron chi connectivity index (χ1n) is 5.76. The highest BCUT2D eigenvalue weighted by molar-refractivity contribution is 7.09. The van der Waals surface area contributed by atoms with Crippen molar-refractivity contribution >= 4 is 11.3 Å². The summed E-state index contributed by atoms with van der Waals surface area (Å²) in [6.45, 7) is 11.0. The smallest absolute Gasteiger partial charge is 0.0969 e. The molecule has 1 heterocycles. The van der Waals surface area contributed by atoms with Crippen LogP contribution in [0.2, 0.25) is 0 Å². The predicted octanol–water partition coefficient (Wildman–Crippen LogP) is 3.19. The van der Waals surface area contributed by atoms with Gasteiger partial charge in [0.1, 0.15) is 0 Å². The van der Waals surface area contributed by atoms with Gasteiger partial charge in [0, 0.05) is 23.5 Å². The van der Waals surface area contributed by atoms with Gasteiger partial charge in [0.05, 0.1) is 5.01 Å². The maximum atomic E-state index is 4.51. The van der Waals surface area contributed by atoms with E-state index in [1.165, 1.54) is 11.4 Å². The molecule has 0 radical (unpaired) electrons. The molecule has 3 heteroatoms. The standard InChI is InChI=1S/C12H22N2S/c1-5-9(2)6-13-7-10(3)12-14-11(4)8-15-12/h8-10,13H,5-7H2,1-4H3. The van der Waals surface area contributed by atoms with Crippen molar-refractivity contribution in [2.45, 2.75) is 40.0 Å². The second-order valence-corrected chi connectivity index (χ2v) is 5.29. The van der Waals surface area contributed by atoms with Crippen LogP contribution in [0.1, 0.15) is 43.8 Å². The van der Waals surface area contributed by atoms with E-state index < -0.39 is 0 Å². The van der Waals surface area contributed by atoms with Gasteiger partial charge in [-0.25, -0.2) is 4.98 Å². The fourth-order valence-electron chi connectivity index (χ4n) is 1.38. The van der Waals surface area contributed by atoms with E-state index in [1.54, 1.807) is 11.3 Å². The Morgan fingerprint density at radius 3 is 2.67 bits per heavy atom. The zero-order chi connectivity index (χ0) is 11.3. The van der Waals surface area contributed by atoms with Gasteiger partial charge in [0.15, 0.2) is 0 Å². The highest BCUT2D eigenvalue weighted by Crippen LogP contribution is 2.18. The molecule has 0 saturated carbocycles. The molecule has 1 aromatic heterocycles. The van der Waals surface area contributed by atoms with Crippen LogP contribution in [0.25, 0.3) is 0 Å². The average Bonchev–Trinajstić information content (AvgIpc) is 2.64. The molecule has 0 amide bonds. The molecule has 1 rings (SSSR count). The molecule has 0 aliphatic carbocycles. The van der Waals surface area contributed by atoms with Crippen LogP contribution in [0.3, 0.4) is 0 Å². The summed E-state index contributed by atoms with van der Waals surface area (Å²) in [4.78, 5) is 4.51. The van der Waals surface area contributed by atoms with E-state index in [0.29, 0.717) is 5.92 Å². The number of rotatable bonds is 6. The van der Waals surface area contributed by atoms with Crippen molar-refractivity contribution in [2.24, 2.45) is 5.92 Å². The maximum absolute atomic E-state index is 4.51. The number of thiazole rings is 1. The lowest BCUT2D eigenvalue weighted by Gasteiger charge is -2.13. The molecule has 0 bridgehead atoms. The van der Waals surface area contributed by atoms with Gasteiger partial charge in [-0.3, -0.25) is 0 Å². The Kier molecular flexibility index (Phi) is 5.26. The maximum Gasteiger partial charge on any atom is 0.0969 e. The molecule has 2 unspecified atom stereocenters. The largest absolute Gasteiger partial charge is 0.316 e. The molecule has 0 aliphatic rings. The van der Waals surface area contributed by atoms with Crippen LogP contribution in [0, 0.1) is 12.8 Å². The highest BCUT2D eigenvalue weighted by atomic mass is 32.1. The minimum Gasteiger partial charge on any atom is -0.316 e. The van der Waals surface area contributed by atoms with Gasteiger partial charge in [0.2, 0.25) is 0 Å². The van der Waals surface area contributed by atoms with Crippen molar-refractivity contribution in [1.82, 2.24) is 10.3 Å². The minimum absolute atomic E-state index is 0.535. The number of hydrogen-bond acceptors (Lipinski definition) is 3. The molecule has 0 spiro atoms. The van der Waals surface area contributed by atoms with E-state index in [-0.39, 0.29) is 0 Å². The number of hydrogen-bond donors (Lipinski definition) is 1. The van der Waals surface area contributed by atoms with E-state index >= 15 is 0 Å². The first kappa shape index (κ1) is 12.7. The van der Waals surface area contributed by atoms with E-state index in [2.05, 4.69) is 43.4 Å². The van der Waals surface area contributed by atoms with Crippen LogP contribution in [0.5, 0.6) is 0 Å². The van der Waals surface area contributed by atoms with Crippen molar-refractivity contribution in [3.8, 4) is 0 Å². The van der Waals surface area contributed by atoms with Crippen LogP contribution in [-0.2, 0) is 0 Å². The van der Waals surface area contributed by atoms with Gasteiger partial charge in [-0.15, -0.1) is 11.3 Å². The Morgan fingerprint density at radius 1 is 1.40 bits per heavy atom. The summed E-state index contributed by atoms with van der Waals surface area (Å²) in [5, 5.41) is 6.89. The number of aromatic nitrogens is 1. The zero-order valence-electron chi connectivity index (χ0n) is 10.2. The Hall–Kier alpha value is -0.410. The van der Waals surface area contributed by atoms with Crippen molar-refractivity contribution in [3.63, 3.8) is 0 Å². The molecular formula is C12H22N2S. The fraction of sp³-hybridized carbons (Fsp3) is 0.750. The Morgan fingerprint density at radius 2 is 2.13 bits per heavy atom. The van der Waals surface area contributed by atoms with Crippen molar-refractivity contribution in [3.05, 3.63) is 16.1 Å². The van der Waals surface area contributed by atoms with Gasteiger partial charge >= 0.3 is 0 Å². The first-order valence-corrected chi connectivity index (χ1v) is 6.64. The molecule has 0 aromatic carbocycles. The van der Waals surface area contributed by atoms with E-state index in [9.17, 15) is 0 Å². The van der Waals surface area contributed by atoms with Crippen LogP contribution in [0.4, 0.5) is 0 Å². The van der Waals surface area contributed by atoms with E-state index in [1.807, 2.05) is 0 Å². The third-order valence-electron chi connectivity index (χ3n) is 2.70. The Labute approximate surface area is 97.1 Å². The van der Waals surface area contributed by atoms with Crippen LogP contribution in [-0.4, -0.2) is 18.1 Å². The van der Waals surface area contributed by atoms with Crippen molar-refractivity contribution in [2.75, 3.05) is 13.1 Å². The van der Waals surface area contributed by atoms with Gasteiger partial charge < -0.3 is 5.32 Å².